The van der Waals surface area contributed by atoms with Gasteiger partial charge in [0.1, 0.15) is 61.0 Å². The summed E-state index contributed by atoms with van der Waals surface area (Å²) in [6, 6.07) is 0. The second-order valence-electron chi connectivity index (χ2n) is 8.30. The quantitative estimate of drug-likeness (QED) is 0.182. The van der Waals surface area contributed by atoms with Crippen molar-refractivity contribution in [3.8, 4) is 0 Å². The highest BCUT2D eigenvalue weighted by Crippen LogP contribution is 2.32. The molecule has 9 N–H and O–H groups in total. The Morgan fingerprint density at radius 1 is 0.562 bits per heavy atom. The number of aliphatic hydroxyl groups excluding tert-OH is 9. The van der Waals surface area contributed by atoms with E-state index in [0.717, 1.165) is 0 Å². The Bertz CT molecular complexity index is 610. The third-order valence-corrected chi connectivity index (χ3v) is 6.02. The van der Waals surface area contributed by atoms with Crippen molar-refractivity contribution < 1.29 is 69.6 Å². The molecule has 0 aliphatic carbocycles. The van der Waals surface area contributed by atoms with Gasteiger partial charge >= 0.3 is 0 Å². The van der Waals surface area contributed by atoms with Gasteiger partial charge in [0.15, 0.2) is 18.9 Å². The fraction of sp³-hybridized carbons (Fsp3) is 1.00. The number of ether oxygens (including phenoxy) is 5. The lowest BCUT2D eigenvalue weighted by Crippen LogP contribution is -2.65. The summed E-state index contributed by atoms with van der Waals surface area (Å²) in [7, 11) is 0. The van der Waals surface area contributed by atoms with E-state index in [4.69, 9.17) is 23.7 Å². The lowest BCUT2D eigenvalue weighted by Gasteiger charge is -2.47. The molecule has 3 fully saturated rings. The SMILES string of the molecule is C[C@@H]1O[C@@H](O[C@H]2[C@H](O[C@@H]3[C@@H](O)[C@@H](O)[C@@H](CO)O[C@@H]3O)O[C@@H](C)[C@H](O)[C@H]2O)[C@H](O)[C@H](O)[C@H]1O. The molecule has 3 aliphatic heterocycles. The first kappa shape index (κ1) is 26.1. The lowest BCUT2D eigenvalue weighted by molar-refractivity contribution is -0.387. The van der Waals surface area contributed by atoms with Crippen molar-refractivity contribution >= 4 is 0 Å². The highest BCUT2D eigenvalue weighted by molar-refractivity contribution is 4.94. The van der Waals surface area contributed by atoms with E-state index in [-0.39, 0.29) is 0 Å². The zero-order valence-corrected chi connectivity index (χ0v) is 17.4. The van der Waals surface area contributed by atoms with Crippen LogP contribution in [0.25, 0.3) is 0 Å². The van der Waals surface area contributed by atoms with E-state index < -0.39 is 98.7 Å². The molecule has 0 unspecified atom stereocenters. The van der Waals surface area contributed by atoms with Gasteiger partial charge in [-0.1, -0.05) is 0 Å². The Balaban J connectivity index is 1.78. The van der Waals surface area contributed by atoms with E-state index in [1.165, 1.54) is 13.8 Å². The third kappa shape index (κ3) is 4.94. The minimum Gasteiger partial charge on any atom is -0.394 e. The van der Waals surface area contributed by atoms with E-state index in [1.54, 1.807) is 0 Å². The van der Waals surface area contributed by atoms with Crippen molar-refractivity contribution in [2.75, 3.05) is 6.61 Å². The molecule has 0 aromatic carbocycles. The first-order valence-electron chi connectivity index (χ1n) is 10.3. The molecule has 3 heterocycles. The second-order valence-corrected chi connectivity index (χ2v) is 8.30. The smallest absolute Gasteiger partial charge is 0.187 e. The maximum Gasteiger partial charge on any atom is 0.187 e. The molecule has 0 bridgehead atoms. The standard InChI is InChI=1S/C18H32O14/c1-4-7(20)10(23)13(26)17(28-4)32-15-11(24)8(21)5(2)29-18(15)31-14-12(25)9(22)6(3-19)30-16(14)27/h4-27H,3H2,1-2H3/t4-,5-,6+,7-,8-,9-,10+,11+,12-,13+,14+,15+,16-,17-,18-/m0/s1. The molecule has 0 spiro atoms. The van der Waals surface area contributed by atoms with E-state index >= 15 is 0 Å². The van der Waals surface area contributed by atoms with Crippen LogP contribution in [0.15, 0.2) is 0 Å². The summed E-state index contributed by atoms with van der Waals surface area (Å²) in [6.07, 6.45) is -22.6. The van der Waals surface area contributed by atoms with E-state index in [0.29, 0.717) is 0 Å². The number of aliphatic hydroxyl groups is 9. The van der Waals surface area contributed by atoms with Gasteiger partial charge in [0, 0.05) is 0 Å². The van der Waals surface area contributed by atoms with Crippen LogP contribution in [0, 0.1) is 0 Å². The zero-order valence-electron chi connectivity index (χ0n) is 17.4. The van der Waals surface area contributed by atoms with Crippen LogP contribution in [0.5, 0.6) is 0 Å². The molecule has 15 atom stereocenters. The van der Waals surface area contributed by atoms with Gasteiger partial charge < -0.3 is 69.6 Å². The van der Waals surface area contributed by atoms with Gasteiger partial charge in [0.25, 0.3) is 0 Å². The summed E-state index contributed by atoms with van der Waals surface area (Å²) in [6.45, 7) is 2.15. The summed E-state index contributed by atoms with van der Waals surface area (Å²) in [5.74, 6) is 0. The predicted molar refractivity (Wildman–Crippen MR) is 98.4 cm³/mol. The largest absolute Gasteiger partial charge is 0.394 e. The average molecular weight is 472 g/mol. The molecule has 0 aromatic rings. The fourth-order valence-corrected chi connectivity index (χ4v) is 3.91. The molecular weight excluding hydrogens is 440 g/mol. The molecule has 0 amide bonds. The van der Waals surface area contributed by atoms with Gasteiger partial charge in [-0.25, -0.2) is 0 Å². The van der Waals surface area contributed by atoms with Crippen molar-refractivity contribution in [3.63, 3.8) is 0 Å². The maximum absolute atomic E-state index is 10.5. The summed E-state index contributed by atoms with van der Waals surface area (Å²) >= 11 is 0. The van der Waals surface area contributed by atoms with E-state index in [2.05, 4.69) is 0 Å². The minimum atomic E-state index is -1.80. The number of rotatable bonds is 5. The lowest BCUT2D eigenvalue weighted by atomic mass is 9.97. The van der Waals surface area contributed by atoms with Crippen LogP contribution in [0.1, 0.15) is 13.8 Å². The van der Waals surface area contributed by atoms with Crippen molar-refractivity contribution in [2.45, 2.75) is 106 Å². The van der Waals surface area contributed by atoms with Crippen LogP contribution >= 0.6 is 0 Å². The number of hydrogen-bond acceptors (Lipinski definition) is 14. The normalized spacial score (nSPS) is 55.0. The van der Waals surface area contributed by atoms with Gasteiger partial charge in [-0.05, 0) is 13.8 Å². The minimum absolute atomic E-state index is 0.682. The molecular formula is C18H32O14. The monoisotopic (exact) mass is 472 g/mol. The molecule has 0 radical (unpaired) electrons. The Morgan fingerprint density at radius 3 is 1.66 bits per heavy atom. The second kappa shape index (κ2) is 10.4. The van der Waals surface area contributed by atoms with E-state index in [9.17, 15) is 46.0 Å². The maximum atomic E-state index is 10.5. The molecule has 0 aromatic heterocycles. The van der Waals surface area contributed by atoms with Crippen LogP contribution in [0.4, 0.5) is 0 Å². The Kier molecular flexibility index (Phi) is 8.44. The predicted octanol–water partition coefficient (Wildman–Crippen LogP) is -5.52. The Hall–Kier alpha value is -0.560. The molecule has 32 heavy (non-hydrogen) atoms. The molecule has 3 rings (SSSR count). The first-order chi connectivity index (χ1) is 15.0. The van der Waals surface area contributed by atoms with Gasteiger partial charge in [0.2, 0.25) is 0 Å². The van der Waals surface area contributed by atoms with E-state index in [1.807, 2.05) is 0 Å². The molecule has 14 nitrogen and oxygen atoms in total. The molecule has 0 saturated carbocycles. The van der Waals surface area contributed by atoms with Gasteiger partial charge in [0.05, 0.1) is 18.8 Å². The highest BCUT2D eigenvalue weighted by Gasteiger charge is 2.52. The fourth-order valence-electron chi connectivity index (χ4n) is 3.91. The van der Waals surface area contributed by atoms with Gasteiger partial charge in [-0.2, -0.15) is 0 Å². The van der Waals surface area contributed by atoms with Gasteiger partial charge in [-0.3, -0.25) is 0 Å². The van der Waals surface area contributed by atoms with Crippen molar-refractivity contribution in [1.82, 2.24) is 0 Å². The first-order valence-corrected chi connectivity index (χ1v) is 10.3. The summed E-state index contributed by atoms with van der Waals surface area (Å²) in [5.41, 5.74) is 0. The average Bonchev–Trinajstić information content (AvgIpc) is 2.76. The zero-order chi connectivity index (χ0) is 23.9. The van der Waals surface area contributed by atoms with Crippen molar-refractivity contribution in [1.29, 1.82) is 0 Å². The molecule has 188 valence electrons. The topological polar surface area (TPSA) is 228 Å². The summed E-state index contributed by atoms with van der Waals surface area (Å²) in [5, 5.41) is 90.5. The molecule has 14 heteroatoms. The summed E-state index contributed by atoms with van der Waals surface area (Å²) < 4.78 is 27.0. The third-order valence-electron chi connectivity index (χ3n) is 6.02. The Labute approximate surface area is 183 Å². The van der Waals surface area contributed by atoms with Crippen LogP contribution in [0.3, 0.4) is 0 Å². The molecule has 3 saturated heterocycles. The van der Waals surface area contributed by atoms with Crippen LogP contribution in [0.2, 0.25) is 0 Å². The van der Waals surface area contributed by atoms with Crippen molar-refractivity contribution in [2.24, 2.45) is 0 Å². The van der Waals surface area contributed by atoms with Crippen molar-refractivity contribution in [3.05, 3.63) is 0 Å². The summed E-state index contributed by atoms with van der Waals surface area (Å²) in [4.78, 5) is 0. The highest BCUT2D eigenvalue weighted by atomic mass is 16.8. The van der Waals surface area contributed by atoms with Crippen LogP contribution in [-0.4, -0.2) is 145 Å². The van der Waals surface area contributed by atoms with Crippen LogP contribution < -0.4 is 0 Å². The number of hydrogen-bond donors (Lipinski definition) is 9. The Morgan fingerprint density at radius 2 is 1.06 bits per heavy atom. The van der Waals surface area contributed by atoms with Crippen LogP contribution in [-0.2, 0) is 23.7 Å². The molecule has 3 aliphatic rings. The van der Waals surface area contributed by atoms with Gasteiger partial charge in [-0.15, -0.1) is 0 Å².